The zero-order valence-corrected chi connectivity index (χ0v) is 13.3. The number of hydrogen-bond donors (Lipinski definition) is 2. The molecule has 0 bridgehead atoms. The molecule has 0 spiro atoms. The van der Waals surface area contributed by atoms with E-state index >= 15 is 0 Å². The summed E-state index contributed by atoms with van der Waals surface area (Å²) in [6.45, 7) is 3.09. The molecule has 4 heteroatoms. The van der Waals surface area contributed by atoms with Crippen LogP contribution in [0.1, 0.15) is 37.7 Å². The highest BCUT2D eigenvalue weighted by Crippen LogP contribution is 2.22. The molecule has 0 heterocycles. The number of benzene rings is 1. The number of nitrogens with one attached hydrogen (secondary N) is 2. The van der Waals surface area contributed by atoms with E-state index in [0.29, 0.717) is 11.6 Å². The first-order chi connectivity index (χ1) is 10.2. The van der Waals surface area contributed by atoms with Crippen molar-refractivity contribution in [2.24, 2.45) is 0 Å². The van der Waals surface area contributed by atoms with Gasteiger partial charge in [-0.25, -0.2) is 0 Å². The number of hydrogen-bond acceptors (Lipinski definition) is 2. The highest BCUT2D eigenvalue weighted by molar-refractivity contribution is 6.31. The van der Waals surface area contributed by atoms with Crippen LogP contribution in [0.5, 0.6) is 0 Å². The molecule has 2 N–H and O–H groups in total. The zero-order chi connectivity index (χ0) is 15.1. The van der Waals surface area contributed by atoms with Crippen LogP contribution >= 0.6 is 11.6 Å². The number of carbonyl (C=O) groups is 1. The number of carbonyl (C=O) groups excluding carboxylic acids is 1. The van der Waals surface area contributed by atoms with Crippen molar-refractivity contribution in [2.45, 2.75) is 39.0 Å². The van der Waals surface area contributed by atoms with Crippen molar-refractivity contribution in [2.75, 3.05) is 18.4 Å². The van der Waals surface area contributed by atoms with E-state index in [1.165, 1.54) is 31.3 Å². The van der Waals surface area contributed by atoms with E-state index in [4.69, 9.17) is 11.6 Å². The van der Waals surface area contributed by atoms with Gasteiger partial charge in [0.1, 0.15) is 0 Å². The van der Waals surface area contributed by atoms with Crippen LogP contribution < -0.4 is 10.6 Å². The van der Waals surface area contributed by atoms with Crippen molar-refractivity contribution >= 4 is 23.2 Å². The van der Waals surface area contributed by atoms with E-state index in [9.17, 15) is 4.79 Å². The predicted octanol–water partition coefficient (Wildman–Crippen LogP) is 4.07. The molecule has 1 aliphatic carbocycles. The molecule has 2 rings (SSSR count). The molecule has 1 aromatic carbocycles. The molecule has 1 aromatic rings. The van der Waals surface area contributed by atoms with Gasteiger partial charge in [0.15, 0.2) is 0 Å². The number of anilines is 1. The summed E-state index contributed by atoms with van der Waals surface area (Å²) in [6, 6.07) is 5.53. The molecule has 3 nitrogen and oxygen atoms in total. The summed E-state index contributed by atoms with van der Waals surface area (Å²) in [4.78, 5) is 11.9. The van der Waals surface area contributed by atoms with Crippen LogP contribution in [0.4, 0.5) is 5.69 Å². The second-order valence-electron chi connectivity index (χ2n) is 5.50. The monoisotopic (exact) mass is 306 g/mol. The van der Waals surface area contributed by atoms with Gasteiger partial charge in [0.2, 0.25) is 5.91 Å². The van der Waals surface area contributed by atoms with Crippen molar-refractivity contribution in [3.63, 3.8) is 0 Å². The molecule has 0 aromatic heterocycles. The second-order valence-corrected chi connectivity index (χ2v) is 5.90. The minimum Gasteiger partial charge on any atom is -0.325 e. The lowest BCUT2D eigenvalue weighted by atomic mass is 9.97. The Morgan fingerprint density at radius 3 is 2.95 bits per heavy atom. The Labute approximate surface area is 131 Å². The van der Waals surface area contributed by atoms with E-state index in [-0.39, 0.29) is 5.91 Å². The summed E-state index contributed by atoms with van der Waals surface area (Å²) in [7, 11) is 0. The van der Waals surface area contributed by atoms with Crippen LogP contribution in [-0.2, 0) is 4.79 Å². The maximum Gasteiger partial charge on any atom is 0.238 e. The molecule has 0 saturated carbocycles. The van der Waals surface area contributed by atoms with Crippen LogP contribution in [-0.4, -0.2) is 19.0 Å². The third kappa shape index (κ3) is 5.18. The Bertz CT molecular complexity index is 526. The lowest BCUT2D eigenvalue weighted by Gasteiger charge is -2.13. The first kappa shape index (κ1) is 16.1. The molecule has 0 saturated heterocycles. The van der Waals surface area contributed by atoms with Crippen molar-refractivity contribution in [3.05, 3.63) is 40.4 Å². The maximum atomic E-state index is 11.9. The molecule has 0 fully saturated rings. The van der Waals surface area contributed by atoms with Gasteiger partial charge in [-0.1, -0.05) is 29.3 Å². The van der Waals surface area contributed by atoms with Crippen LogP contribution in [0.15, 0.2) is 29.8 Å². The van der Waals surface area contributed by atoms with Crippen LogP contribution in [0, 0.1) is 6.92 Å². The van der Waals surface area contributed by atoms with E-state index < -0.39 is 0 Å². The zero-order valence-electron chi connectivity index (χ0n) is 12.5. The van der Waals surface area contributed by atoms with Gasteiger partial charge in [0.25, 0.3) is 0 Å². The minimum absolute atomic E-state index is 0.0296. The van der Waals surface area contributed by atoms with Crippen LogP contribution in [0.25, 0.3) is 0 Å². The first-order valence-corrected chi connectivity index (χ1v) is 7.98. The quantitative estimate of drug-likeness (QED) is 0.614. The topological polar surface area (TPSA) is 41.1 Å². The van der Waals surface area contributed by atoms with Gasteiger partial charge >= 0.3 is 0 Å². The van der Waals surface area contributed by atoms with Gasteiger partial charge < -0.3 is 10.6 Å². The highest BCUT2D eigenvalue weighted by Gasteiger charge is 2.07. The van der Waals surface area contributed by atoms with E-state index in [1.54, 1.807) is 0 Å². The summed E-state index contributed by atoms with van der Waals surface area (Å²) in [5, 5.41) is 6.76. The molecule has 0 unspecified atom stereocenters. The Morgan fingerprint density at radius 1 is 1.33 bits per heavy atom. The molecule has 0 aliphatic heterocycles. The van der Waals surface area contributed by atoms with Crippen molar-refractivity contribution < 1.29 is 4.79 Å². The van der Waals surface area contributed by atoms with Gasteiger partial charge in [0, 0.05) is 10.7 Å². The Kier molecular flexibility index (Phi) is 6.27. The van der Waals surface area contributed by atoms with Gasteiger partial charge in [-0.05, 0) is 63.3 Å². The third-order valence-corrected chi connectivity index (χ3v) is 4.24. The van der Waals surface area contributed by atoms with E-state index in [0.717, 1.165) is 24.2 Å². The fourth-order valence-electron chi connectivity index (χ4n) is 2.52. The predicted molar refractivity (Wildman–Crippen MR) is 88.9 cm³/mol. The molecule has 0 radical (unpaired) electrons. The molecule has 21 heavy (non-hydrogen) atoms. The maximum absolute atomic E-state index is 11.9. The summed E-state index contributed by atoms with van der Waals surface area (Å²) in [5.74, 6) is -0.0296. The summed E-state index contributed by atoms with van der Waals surface area (Å²) in [6.07, 6.45) is 8.45. The number of halogens is 1. The van der Waals surface area contributed by atoms with Crippen LogP contribution in [0.3, 0.4) is 0 Å². The van der Waals surface area contributed by atoms with Gasteiger partial charge in [-0.2, -0.15) is 0 Å². The second kappa shape index (κ2) is 8.20. The number of rotatable bonds is 6. The molecular formula is C17H23ClN2O. The van der Waals surface area contributed by atoms with Crippen molar-refractivity contribution in [1.29, 1.82) is 0 Å². The Balaban J connectivity index is 1.70. The third-order valence-electron chi connectivity index (χ3n) is 3.84. The Hall–Kier alpha value is -1.32. The Morgan fingerprint density at radius 2 is 2.19 bits per heavy atom. The lowest BCUT2D eigenvalue weighted by Crippen LogP contribution is -2.29. The molecule has 1 aliphatic rings. The normalized spacial score (nSPS) is 14.7. The van der Waals surface area contributed by atoms with Crippen molar-refractivity contribution in [3.8, 4) is 0 Å². The summed E-state index contributed by atoms with van der Waals surface area (Å²) >= 11 is 6.04. The minimum atomic E-state index is -0.0296. The van der Waals surface area contributed by atoms with E-state index in [1.807, 2.05) is 25.1 Å². The number of allylic oxidation sites excluding steroid dienone is 1. The van der Waals surface area contributed by atoms with Gasteiger partial charge in [-0.3, -0.25) is 4.79 Å². The average Bonchev–Trinajstić information content (AvgIpc) is 2.49. The van der Waals surface area contributed by atoms with Crippen LogP contribution in [0.2, 0.25) is 5.02 Å². The smallest absolute Gasteiger partial charge is 0.238 e. The van der Waals surface area contributed by atoms with E-state index in [2.05, 4.69) is 16.7 Å². The fourth-order valence-corrected chi connectivity index (χ4v) is 2.69. The SMILES string of the molecule is Cc1c(Cl)cccc1NC(=O)CNCCC1=CCCCC1. The van der Waals surface area contributed by atoms with Crippen molar-refractivity contribution in [1.82, 2.24) is 5.32 Å². The van der Waals surface area contributed by atoms with Gasteiger partial charge in [0.05, 0.1) is 6.54 Å². The largest absolute Gasteiger partial charge is 0.325 e. The number of amides is 1. The molecule has 114 valence electrons. The van der Waals surface area contributed by atoms with Gasteiger partial charge in [-0.15, -0.1) is 0 Å². The lowest BCUT2D eigenvalue weighted by molar-refractivity contribution is -0.115. The summed E-state index contributed by atoms with van der Waals surface area (Å²) in [5.41, 5.74) is 3.21. The molecule has 1 amide bonds. The highest BCUT2D eigenvalue weighted by atomic mass is 35.5. The summed E-state index contributed by atoms with van der Waals surface area (Å²) < 4.78 is 0. The first-order valence-electron chi connectivity index (χ1n) is 7.60. The molecule has 0 atom stereocenters. The standard InChI is InChI=1S/C17H23ClN2O/c1-13-15(18)8-5-9-16(13)20-17(21)12-19-11-10-14-6-3-2-4-7-14/h5-6,8-9,19H,2-4,7,10-12H2,1H3,(H,20,21). The fraction of sp³-hybridized carbons (Fsp3) is 0.471. The average molecular weight is 307 g/mol. The molecular weight excluding hydrogens is 284 g/mol.